The first-order chi connectivity index (χ1) is 9.56. The van der Waals surface area contributed by atoms with E-state index in [1.165, 1.54) is 13.2 Å². The Hall–Kier alpha value is -2.50. The molecule has 0 saturated carbocycles. The molecule has 2 aromatic rings. The molecule has 0 radical (unpaired) electrons. The van der Waals surface area contributed by atoms with E-state index in [9.17, 15) is 4.79 Å². The highest BCUT2D eigenvalue weighted by atomic mass is 16.5. The molecule has 6 heteroatoms. The number of ether oxygens (including phenoxy) is 2. The quantitative estimate of drug-likeness (QED) is 0.904. The van der Waals surface area contributed by atoms with E-state index in [0.717, 1.165) is 5.56 Å². The molecule has 1 aromatic carbocycles. The van der Waals surface area contributed by atoms with Gasteiger partial charge in [0, 0.05) is 6.07 Å². The van der Waals surface area contributed by atoms with Gasteiger partial charge in [0.25, 0.3) is 0 Å². The molecule has 2 rings (SSSR count). The highest BCUT2D eigenvalue weighted by Crippen LogP contribution is 2.36. The second kappa shape index (κ2) is 5.64. The van der Waals surface area contributed by atoms with E-state index >= 15 is 0 Å². The Morgan fingerprint density at radius 1 is 1.35 bits per heavy atom. The number of nitrogens with zero attached hydrogens (tertiary/aromatic N) is 1. The zero-order valence-corrected chi connectivity index (χ0v) is 11.5. The number of hydrogen-bond acceptors (Lipinski definition) is 5. The average molecular weight is 277 g/mol. The molecule has 20 heavy (non-hydrogen) atoms. The molecule has 0 aliphatic carbocycles. The number of aryl methyl sites for hydroxylation is 1. The number of carboxylic acid groups (broad SMARTS) is 1. The monoisotopic (exact) mass is 277 g/mol. The van der Waals surface area contributed by atoms with Gasteiger partial charge in [-0.2, -0.15) is 0 Å². The van der Waals surface area contributed by atoms with Crippen molar-refractivity contribution >= 4 is 5.97 Å². The van der Waals surface area contributed by atoms with Crippen LogP contribution in [-0.2, 0) is 0 Å². The van der Waals surface area contributed by atoms with Crippen LogP contribution < -0.4 is 9.47 Å². The second-order valence-corrected chi connectivity index (χ2v) is 4.13. The third kappa shape index (κ3) is 2.59. The molecular weight excluding hydrogens is 262 g/mol. The number of aromatic carboxylic acids is 1. The molecule has 0 unspecified atom stereocenters. The standard InChI is InChI=1S/C14H15NO5/c1-4-19-11-6-9(12(18-3)5-8(11)2)13-7-10(14(16)17)15-20-13/h5-7H,4H2,1-3H3,(H,16,17). The zero-order chi connectivity index (χ0) is 14.7. The van der Waals surface area contributed by atoms with E-state index in [1.54, 1.807) is 6.07 Å². The van der Waals surface area contributed by atoms with Crippen LogP contribution in [0.4, 0.5) is 0 Å². The maximum atomic E-state index is 10.8. The first-order valence-electron chi connectivity index (χ1n) is 6.08. The molecule has 0 amide bonds. The second-order valence-electron chi connectivity index (χ2n) is 4.13. The molecule has 1 N–H and O–H groups in total. The van der Waals surface area contributed by atoms with E-state index < -0.39 is 5.97 Å². The number of carboxylic acids is 1. The lowest BCUT2D eigenvalue weighted by Gasteiger charge is -2.12. The highest BCUT2D eigenvalue weighted by Gasteiger charge is 2.17. The Kier molecular flexibility index (Phi) is 3.93. The maximum Gasteiger partial charge on any atom is 0.358 e. The Morgan fingerprint density at radius 3 is 2.65 bits per heavy atom. The van der Waals surface area contributed by atoms with E-state index in [4.69, 9.17) is 19.1 Å². The minimum atomic E-state index is -1.14. The Balaban J connectivity index is 2.52. The van der Waals surface area contributed by atoms with E-state index in [0.29, 0.717) is 29.4 Å². The lowest BCUT2D eigenvalue weighted by molar-refractivity contribution is 0.0686. The van der Waals surface area contributed by atoms with Crippen LogP contribution in [-0.4, -0.2) is 29.9 Å². The van der Waals surface area contributed by atoms with Gasteiger partial charge in [-0.15, -0.1) is 0 Å². The lowest BCUT2D eigenvalue weighted by atomic mass is 10.1. The Morgan fingerprint density at radius 2 is 2.10 bits per heavy atom. The number of hydrogen-bond donors (Lipinski definition) is 1. The summed E-state index contributed by atoms with van der Waals surface area (Å²) in [5.41, 5.74) is 1.37. The molecular formula is C14H15NO5. The Labute approximate surface area is 115 Å². The lowest BCUT2D eigenvalue weighted by Crippen LogP contribution is -1.96. The average Bonchev–Trinajstić information content (AvgIpc) is 2.90. The Bertz CT molecular complexity index is 632. The van der Waals surface area contributed by atoms with Gasteiger partial charge in [-0.3, -0.25) is 0 Å². The summed E-state index contributed by atoms with van der Waals surface area (Å²) in [7, 11) is 1.53. The summed E-state index contributed by atoms with van der Waals surface area (Å²) < 4.78 is 15.9. The minimum absolute atomic E-state index is 0.152. The van der Waals surface area contributed by atoms with Crippen molar-refractivity contribution < 1.29 is 23.9 Å². The fourth-order valence-corrected chi connectivity index (χ4v) is 1.84. The molecule has 0 fully saturated rings. The van der Waals surface area contributed by atoms with Crippen LogP contribution in [0, 0.1) is 6.92 Å². The predicted molar refractivity (Wildman–Crippen MR) is 71.4 cm³/mol. The van der Waals surface area contributed by atoms with Gasteiger partial charge in [-0.25, -0.2) is 4.79 Å². The topological polar surface area (TPSA) is 81.8 Å². The number of methoxy groups -OCH3 is 1. The summed E-state index contributed by atoms with van der Waals surface area (Å²) in [6, 6.07) is 4.92. The number of carbonyl (C=O) groups is 1. The van der Waals surface area contributed by atoms with Crippen molar-refractivity contribution in [2.24, 2.45) is 0 Å². The number of rotatable bonds is 5. The third-order valence-electron chi connectivity index (χ3n) is 2.79. The summed E-state index contributed by atoms with van der Waals surface area (Å²) >= 11 is 0. The van der Waals surface area contributed by atoms with Crippen molar-refractivity contribution in [1.82, 2.24) is 5.16 Å². The SMILES string of the molecule is CCOc1cc(-c2cc(C(=O)O)no2)c(OC)cc1C. The van der Waals surface area contributed by atoms with Crippen LogP contribution >= 0.6 is 0 Å². The van der Waals surface area contributed by atoms with Gasteiger partial charge in [0.15, 0.2) is 11.5 Å². The molecule has 0 saturated heterocycles. The summed E-state index contributed by atoms with van der Waals surface area (Å²) in [6.45, 7) is 4.32. The van der Waals surface area contributed by atoms with Gasteiger partial charge in [-0.1, -0.05) is 5.16 Å². The molecule has 1 heterocycles. The first-order valence-corrected chi connectivity index (χ1v) is 6.08. The number of benzene rings is 1. The fourth-order valence-electron chi connectivity index (χ4n) is 1.84. The molecule has 0 aliphatic rings. The van der Waals surface area contributed by atoms with Gasteiger partial charge in [0.05, 0.1) is 19.3 Å². The molecule has 0 bridgehead atoms. The number of aromatic nitrogens is 1. The predicted octanol–water partition coefficient (Wildman–Crippen LogP) is 2.76. The van der Waals surface area contributed by atoms with Crippen molar-refractivity contribution in [3.63, 3.8) is 0 Å². The van der Waals surface area contributed by atoms with E-state index in [1.807, 2.05) is 19.9 Å². The molecule has 0 spiro atoms. The summed E-state index contributed by atoms with van der Waals surface area (Å²) in [6.07, 6.45) is 0. The molecule has 6 nitrogen and oxygen atoms in total. The van der Waals surface area contributed by atoms with Gasteiger partial charge < -0.3 is 19.1 Å². The van der Waals surface area contributed by atoms with E-state index in [2.05, 4.69) is 5.16 Å². The van der Waals surface area contributed by atoms with Crippen molar-refractivity contribution in [2.45, 2.75) is 13.8 Å². The van der Waals surface area contributed by atoms with Crippen LogP contribution in [0.25, 0.3) is 11.3 Å². The van der Waals surface area contributed by atoms with Gasteiger partial charge in [0.1, 0.15) is 11.5 Å². The first kappa shape index (κ1) is 13.9. The normalized spacial score (nSPS) is 10.3. The van der Waals surface area contributed by atoms with Crippen LogP contribution in [0.15, 0.2) is 22.7 Å². The molecule has 1 aromatic heterocycles. The minimum Gasteiger partial charge on any atom is -0.496 e. The molecule has 0 aliphatic heterocycles. The smallest absolute Gasteiger partial charge is 0.358 e. The summed E-state index contributed by atoms with van der Waals surface area (Å²) in [5.74, 6) is 0.437. The summed E-state index contributed by atoms with van der Waals surface area (Å²) in [5, 5.41) is 12.4. The van der Waals surface area contributed by atoms with Crippen LogP contribution in [0.5, 0.6) is 11.5 Å². The van der Waals surface area contributed by atoms with Crippen LogP contribution in [0.3, 0.4) is 0 Å². The van der Waals surface area contributed by atoms with E-state index in [-0.39, 0.29) is 5.69 Å². The van der Waals surface area contributed by atoms with Crippen molar-refractivity contribution in [2.75, 3.05) is 13.7 Å². The highest BCUT2D eigenvalue weighted by molar-refractivity contribution is 5.87. The van der Waals surface area contributed by atoms with Crippen molar-refractivity contribution in [3.8, 4) is 22.8 Å². The zero-order valence-electron chi connectivity index (χ0n) is 11.5. The largest absolute Gasteiger partial charge is 0.496 e. The third-order valence-corrected chi connectivity index (χ3v) is 2.79. The van der Waals surface area contributed by atoms with Crippen molar-refractivity contribution in [3.05, 3.63) is 29.5 Å². The van der Waals surface area contributed by atoms with Gasteiger partial charge in [-0.05, 0) is 31.5 Å². The fraction of sp³-hybridized carbons (Fsp3) is 0.286. The van der Waals surface area contributed by atoms with Crippen molar-refractivity contribution in [1.29, 1.82) is 0 Å². The molecule has 106 valence electrons. The van der Waals surface area contributed by atoms with Crippen LogP contribution in [0.1, 0.15) is 23.0 Å². The van der Waals surface area contributed by atoms with Gasteiger partial charge >= 0.3 is 5.97 Å². The molecule has 0 atom stereocenters. The summed E-state index contributed by atoms with van der Waals surface area (Å²) in [4.78, 5) is 10.8. The van der Waals surface area contributed by atoms with Gasteiger partial charge in [0.2, 0.25) is 0 Å². The van der Waals surface area contributed by atoms with Crippen LogP contribution in [0.2, 0.25) is 0 Å². The maximum absolute atomic E-state index is 10.8.